The number of aryl methyl sites for hydroxylation is 1. The minimum Gasteiger partial charge on any atom is -0.267 e. The highest BCUT2D eigenvalue weighted by Gasteiger charge is 2.06. The van der Waals surface area contributed by atoms with E-state index in [0.29, 0.717) is 15.6 Å². The van der Waals surface area contributed by atoms with Crippen molar-refractivity contribution in [3.05, 3.63) is 69.4 Å². The Morgan fingerprint density at radius 3 is 2.75 bits per heavy atom. The highest BCUT2D eigenvalue weighted by atomic mass is 79.9. The first kappa shape index (κ1) is 14.4. The molecule has 2 aromatic carbocycles. The summed E-state index contributed by atoms with van der Waals surface area (Å²) in [6.45, 7) is 1.86. The van der Waals surface area contributed by atoms with Crippen molar-refractivity contribution >= 4 is 28.1 Å². The van der Waals surface area contributed by atoms with Gasteiger partial charge in [-0.05, 0) is 52.2 Å². The molecule has 0 saturated heterocycles. The van der Waals surface area contributed by atoms with Crippen LogP contribution in [0.15, 0.2) is 52.0 Å². The van der Waals surface area contributed by atoms with Gasteiger partial charge in [-0.25, -0.2) is 9.82 Å². The minimum absolute atomic E-state index is 0.277. The lowest BCUT2D eigenvalue weighted by Crippen LogP contribution is -2.18. The SMILES string of the molecule is Cc1ccccc1C(=O)N/N=C\c1ccc(F)c(Br)c1. The second-order valence-corrected chi connectivity index (χ2v) is 5.04. The summed E-state index contributed by atoms with van der Waals surface area (Å²) in [5, 5.41) is 3.86. The zero-order valence-electron chi connectivity index (χ0n) is 10.7. The number of amides is 1. The lowest BCUT2D eigenvalue weighted by molar-refractivity contribution is 0.0954. The summed E-state index contributed by atoms with van der Waals surface area (Å²) in [6, 6.07) is 11.7. The van der Waals surface area contributed by atoms with Crippen molar-refractivity contribution in [1.29, 1.82) is 0 Å². The van der Waals surface area contributed by atoms with Crippen molar-refractivity contribution in [2.45, 2.75) is 6.92 Å². The van der Waals surface area contributed by atoms with E-state index in [1.54, 1.807) is 24.3 Å². The fraction of sp³-hybridized carbons (Fsp3) is 0.0667. The van der Waals surface area contributed by atoms with E-state index in [-0.39, 0.29) is 11.7 Å². The van der Waals surface area contributed by atoms with Gasteiger partial charge in [0.05, 0.1) is 10.7 Å². The van der Waals surface area contributed by atoms with Crippen LogP contribution in [-0.2, 0) is 0 Å². The Hall–Kier alpha value is -2.01. The smallest absolute Gasteiger partial charge is 0.267 e. The standard InChI is InChI=1S/C15H12BrFN2O/c1-10-4-2-3-5-12(10)15(20)19-18-9-11-6-7-14(17)13(16)8-11/h2-9H,1H3,(H,19,20)/b18-9-. The molecule has 0 aliphatic heterocycles. The van der Waals surface area contributed by atoms with Crippen molar-refractivity contribution in [1.82, 2.24) is 5.43 Å². The maximum absolute atomic E-state index is 13.1. The Morgan fingerprint density at radius 1 is 1.30 bits per heavy atom. The largest absolute Gasteiger partial charge is 0.271 e. The van der Waals surface area contributed by atoms with Gasteiger partial charge in [0.1, 0.15) is 5.82 Å². The first-order valence-electron chi connectivity index (χ1n) is 5.92. The van der Waals surface area contributed by atoms with Gasteiger partial charge in [-0.1, -0.05) is 24.3 Å². The molecule has 0 atom stereocenters. The Bertz CT molecular complexity index is 671. The molecule has 0 aromatic heterocycles. The average Bonchev–Trinajstić information content (AvgIpc) is 2.43. The molecule has 1 amide bonds. The van der Waals surface area contributed by atoms with Gasteiger partial charge in [0, 0.05) is 5.56 Å². The third kappa shape index (κ3) is 3.51. The molecule has 0 unspecified atom stereocenters. The van der Waals surface area contributed by atoms with Crippen LogP contribution in [0.5, 0.6) is 0 Å². The van der Waals surface area contributed by atoms with Gasteiger partial charge in [-0.2, -0.15) is 5.10 Å². The molecule has 102 valence electrons. The summed E-state index contributed by atoms with van der Waals surface area (Å²) in [5.74, 6) is -0.619. The van der Waals surface area contributed by atoms with E-state index in [1.165, 1.54) is 12.3 Å². The summed E-state index contributed by atoms with van der Waals surface area (Å²) >= 11 is 3.09. The number of hydrazone groups is 1. The van der Waals surface area contributed by atoms with Crippen LogP contribution in [0.2, 0.25) is 0 Å². The molecule has 0 spiro atoms. The first-order chi connectivity index (χ1) is 9.58. The molecule has 1 N–H and O–H groups in total. The summed E-state index contributed by atoms with van der Waals surface area (Å²) in [7, 11) is 0. The molecule has 5 heteroatoms. The highest BCUT2D eigenvalue weighted by Crippen LogP contribution is 2.15. The topological polar surface area (TPSA) is 41.5 Å². The zero-order valence-corrected chi connectivity index (χ0v) is 12.3. The predicted octanol–water partition coefficient (Wildman–Crippen LogP) is 3.66. The van der Waals surface area contributed by atoms with Crippen LogP contribution in [0.25, 0.3) is 0 Å². The van der Waals surface area contributed by atoms with Crippen LogP contribution in [0.4, 0.5) is 4.39 Å². The minimum atomic E-state index is -0.342. The number of nitrogens with zero attached hydrogens (tertiary/aromatic N) is 1. The number of nitrogens with one attached hydrogen (secondary N) is 1. The fourth-order valence-electron chi connectivity index (χ4n) is 1.65. The fourth-order valence-corrected chi connectivity index (χ4v) is 2.04. The van der Waals surface area contributed by atoms with Crippen LogP contribution >= 0.6 is 15.9 Å². The summed E-state index contributed by atoms with van der Waals surface area (Å²) in [6.07, 6.45) is 1.46. The quantitative estimate of drug-likeness (QED) is 0.675. The van der Waals surface area contributed by atoms with Gasteiger partial charge in [0.25, 0.3) is 5.91 Å². The molecule has 0 bridgehead atoms. The van der Waals surface area contributed by atoms with Gasteiger partial charge < -0.3 is 0 Å². The van der Waals surface area contributed by atoms with E-state index < -0.39 is 0 Å². The number of carbonyl (C=O) groups is 1. The molecule has 0 heterocycles. The Morgan fingerprint density at radius 2 is 2.05 bits per heavy atom. The van der Waals surface area contributed by atoms with Crippen LogP contribution in [-0.4, -0.2) is 12.1 Å². The van der Waals surface area contributed by atoms with Crippen LogP contribution in [0.1, 0.15) is 21.5 Å². The van der Waals surface area contributed by atoms with Gasteiger partial charge in [0.15, 0.2) is 0 Å². The number of benzene rings is 2. The summed E-state index contributed by atoms with van der Waals surface area (Å²) < 4.78 is 13.4. The third-order valence-electron chi connectivity index (χ3n) is 2.71. The monoisotopic (exact) mass is 334 g/mol. The van der Waals surface area contributed by atoms with Crippen molar-refractivity contribution in [2.75, 3.05) is 0 Å². The zero-order chi connectivity index (χ0) is 14.5. The number of hydrogen-bond acceptors (Lipinski definition) is 2. The molecule has 3 nitrogen and oxygen atoms in total. The maximum Gasteiger partial charge on any atom is 0.271 e. The van der Waals surface area contributed by atoms with Gasteiger partial charge in [-0.3, -0.25) is 4.79 Å². The van der Waals surface area contributed by atoms with Gasteiger partial charge >= 0.3 is 0 Å². The van der Waals surface area contributed by atoms with Crippen molar-refractivity contribution in [3.8, 4) is 0 Å². The van der Waals surface area contributed by atoms with E-state index in [2.05, 4.69) is 26.5 Å². The molecule has 0 radical (unpaired) electrons. The van der Waals surface area contributed by atoms with Crippen molar-refractivity contribution < 1.29 is 9.18 Å². The van der Waals surface area contributed by atoms with Crippen molar-refractivity contribution in [3.63, 3.8) is 0 Å². The average molecular weight is 335 g/mol. The maximum atomic E-state index is 13.1. The van der Waals surface area contributed by atoms with E-state index in [9.17, 15) is 9.18 Å². The Kier molecular flexibility index (Phi) is 4.63. The molecule has 2 aromatic rings. The highest BCUT2D eigenvalue weighted by molar-refractivity contribution is 9.10. The molecule has 2 rings (SSSR count). The second kappa shape index (κ2) is 6.43. The summed E-state index contributed by atoms with van der Waals surface area (Å²) in [5.41, 5.74) is 4.58. The predicted molar refractivity (Wildman–Crippen MR) is 80.3 cm³/mol. The van der Waals surface area contributed by atoms with Crippen LogP contribution in [0.3, 0.4) is 0 Å². The van der Waals surface area contributed by atoms with Gasteiger partial charge in [0.2, 0.25) is 0 Å². The molecule has 20 heavy (non-hydrogen) atoms. The second-order valence-electron chi connectivity index (χ2n) is 4.19. The van der Waals surface area contributed by atoms with Crippen LogP contribution in [0, 0.1) is 12.7 Å². The molecular formula is C15H12BrFN2O. The molecule has 0 saturated carbocycles. The van der Waals surface area contributed by atoms with E-state index in [4.69, 9.17) is 0 Å². The van der Waals surface area contributed by atoms with Crippen LogP contribution < -0.4 is 5.43 Å². The van der Waals surface area contributed by atoms with E-state index >= 15 is 0 Å². The van der Waals surface area contributed by atoms with Crippen molar-refractivity contribution in [2.24, 2.45) is 5.10 Å². The van der Waals surface area contributed by atoms with Gasteiger partial charge in [-0.15, -0.1) is 0 Å². The lowest BCUT2D eigenvalue weighted by Gasteiger charge is -2.03. The lowest BCUT2D eigenvalue weighted by atomic mass is 10.1. The third-order valence-corrected chi connectivity index (χ3v) is 3.32. The number of hydrogen-bond donors (Lipinski definition) is 1. The molecular weight excluding hydrogens is 323 g/mol. The number of rotatable bonds is 3. The molecule has 0 aliphatic rings. The number of carbonyl (C=O) groups excluding carboxylic acids is 1. The Balaban J connectivity index is 2.05. The van der Waals surface area contributed by atoms with E-state index in [0.717, 1.165) is 5.56 Å². The molecule has 0 aliphatic carbocycles. The molecule has 0 fully saturated rings. The van der Waals surface area contributed by atoms with E-state index in [1.807, 2.05) is 19.1 Å². The normalized spacial score (nSPS) is 10.8. The first-order valence-corrected chi connectivity index (χ1v) is 6.71. The summed E-state index contributed by atoms with van der Waals surface area (Å²) in [4.78, 5) is 11.9. The number of halogens is 2. The Labute approximate surface area is 124 Å².